The summed E-state index contributed by atoms with van der Waals surface area (Å²) in [6.45, 7) is 1.96. The Hall–Kier alpha value is -1.61. The molecule has 1 amide bonds. The van der Waals surface area contributed by atoms with Crippen molar-refractivity contribution in [1.82, 2.24) is 9.97 Å². The summed E-state index contributed by atoms with van der Waals surface area (Å²) in [5.74, 6) is 0.149. The van der Waals surface area contributed by atoms with Gasteiger partial charge in [0.1, 0.15) is 0 Å². The fourth-order valence-corrected chi connectivity index (χ4v) is 6.44. The van der Waals surface area contributed by atoms with Gasteiger partial charge in [0.25, 0.3) is 0 Å². The SMILES string of the molecule is Cc1nc(SCC(=O)Nc2ncc(Cc3ccc(Cl)cc3)s2)sc1Cc1cc(Cl)ccc1Cl. The number of benzene rings is 2. The van der Waals surface area contributed by atoms with Crippen molar-refractivity contribution in [3.8, 4) is 0 Å². The lowest BCUT2D eigenvalue weighted by Crippen LogP contribution is -2.13. The van der Waals surface area contributed by atoms with E-state index < -0.39 is 0 Å². The van der Waals surface area contributed by atoms with Crippen LogP contribution in [0.15, 0.2) is 53.0 Å². The lowest BCUT2D eigenvalue weighted by atomic mass is 10.1. The molecule has 0 saturated heterocycles. The Labute approximate surface area is 219 Å². The van der Waals surface area contributed by atoms with Gasteiger partial charge in [-0.2, -0.15) is 0 Å². The zero-order valence-electron chi connectivity index (χ0n) is 17.4. The zero-order valence-corrected chi connectivity index (χ0v) is 22.1. The van der Waals surface area contributed by atoms with Crippen molar-refractivity contribution in [3.63, 3.8) is 0 Å². The average Bonchev–Trinajstić information content (AvgIpc) is 3.36. The Bertz CT molecular complexity index is 1270. The van der Waals surface area contributed by atoms with E-state index in [9.17, 15) is 4.79 Å². The number of carbonyl (C=O) groups excluding carboxylic acids is 1. The van der Waals surface area contributed by atoms with Crippen molar-refractivity contribution in [1.29, 1.82) is 0 Å². The van der Waals surface area contributed by atoms with Crippen LogP contribution in [0.4, 0.5) is 5.13 Å². The molecule has 0 saturated carbocycles. The van der Waals surface area contributed by atoms with E-state index in [-0.39, 0.29) is 11.7 Å². The zero-order chi connectivity index (χ0) is 23.4. The molecule has 10 heteroatoms. The largest absolute Gasteiger partial charge is 0.301 e. The molecule has 2 heterocycles. The molecule has 4 aromatic rings. The molecule has 0 aliphatic carbocycles. The highest BCUT2D eigenvalue weighted by Gasteiger charge is 2.14. The van der Waals surface area contributed by atoms with Gasteiger partial charge in [0.05, 0.1) is 11.4 Å². The van der Waals surface area contributed by atoms with Crippen molar-refractivity contribution >= 4 is 80.3 Å². The fourth-order valence-electron chi connectivity index (χ4n) is 3.01. The number of halogens is 3. The lowest BCUT2D eigenvalue weighted by Gasteiger charge is -2.03. The first-order valence-corrected chi connectivity index (χ1v) is 13.6. The molecule has 1 N–H and O–H groups in total. The second-order valence-corrected chi connectivity index (χ2v) is 11.9. The maximum absolute atomic E-state index is 12.4. The summed E-state index contributed by atoms with van der Waals surface area (Å²) >= 11 is 22.8. The van der Waals surface area contributed by atoms with Crippen LogP contribution in [0.5, 0.6) is 0 Å². The molecule has 0 atom stereocenters. The topological polar surface area (TPSA) is 54.9 Å². The Kier molecular flexibility index (Phi) is 8.33. The summed E-state index contributed by atoms with van der Waals surface area (Å²) in [6, 6.07) is 13.2. The molecule has 0 aliphatic heterocycles. The number of anilines is 1. The first-order valence-electron chi connectivity index (χ1n) is 9.88. The third-order valence-corrected chi connectivity index (χ3v) is 8.72. The predicted octanol–water partition coefficient (Wildman–Crippen LogP) is 7.78. The van der Waals surface area contributed by atoms with Gasteiger partial charge in [0, 0.05) is 43.9 Å². The van der Waals surface area contributed by atoms with E-state index in [0.29, 0.717) is 26.6 Å². The van der Waals surface area contributed by atoms with E-state index in [0.717, 1.165) is 37.3 Å². The van der Waals surface area contributed by atoms with Crippen molar-refractivity contribution in [2.45, 2.75) is 24.1 Å². The van der Waals surface area contributed by atoms with Crippen LogP contribution >= 0.6 is 69.2 Å². The second-order valence-electron chi connectivity index (χ2n) is 7.17. The van der Waals surface area contributed by atoms with E-state index in [1.165, 1.54) is 23.1 Å². The maximum Gasteiger partial charge on any atom is 0.236 e. The van der Waals surface area contributed by atoms with Crippen LogP contribution in [-0.4, -0.2) is 21.6 Å². The number of nitrogens with zero attached hydrogens (tertiary/aromatic N) is 2. The molecule has 4 nitrogen and oxygen atoms in total. The minimum atomic E-state index is -0.111. The molecule has 170 valence electrons. The number of nitrogens with one attached hydrogen (secondary N) is 1. The van der Waals surface area contributed by atoms with Gasteiger partial charge in [0.15, 0.2) is 9.47 Å². The third-order valence-electron chi connectivity index (χ3n) is 4.65. The van der Waals surface area contributed by atoms with E-state index in [4.69, 9.17) is 34.8 Å². The highest BCUT2D eigenvalue weighted by atomic mass is 35.5. The van der Waals surface area contributed by atoms with Crippen molar-refractivity contribution in [3.05, 3.63) is 90.3 Å². The van der Waals surface area contributed by atoms with Crippen LogP contribution < -0.4 is 5.32 Å². The Balaban J connectivity index is 1.30. The Morgan fingerprint density at radius 1 is 1.03 bits per heavy atom. The van der Waals surface area contributed by atoms with Gasteiger partial charge < -0.3 is 5.32 Å². The van der Waals surface area contributed by atoms with Crippen LogP contribution in [0.3, 0.4) is 0 Å². The van der Waals surface area contributed by atoms with Gasteiger partial charge in [-0.1, -0.05) is 58.7 Å². The van der Waals surface area contributed by atoms with E-state index in [1.807, 2.05) is 37.3 Å². The van der Waals surface area contributed by atoms with Gasteiger partial charge in [-0.25, -0.2) is 9.97 Å². The Morgan fingerprint density at radius 3 is 2.58 bits per heavy atom. The highest BCUT2D eigenvalue weighted by Crippen LogP contribution is 2.31. The summed E-state index contributed by atoms with van der Waals surface area (Å²) in [4.78, 5) is 23.5. The number of hydrogen-bond donors (Lipinski definition) is 1. The molecule has 0 radical (unpaired) electrons. The molecule has 0 fully saturated rings. The third kappa shape index (κ3) is 6.94. The van der Waals surface area contributed by atoms with E-state index in [2.05, 4.69) is 15.3 Å². The van der Waals surface area contributed by atoms with Gasteiger partial charge in [0.2, 0.25) is 5.91 Å². The quantitative estimate of drug-likeness (QED) is 0.226. The van der Waals surface area contributed by atoms with Crippen molar-refractivity contribution in [2.24, 2.45) is 0 Å². The Morgan fingerprint density at radius 2 is 1.79 bits per heavy atom. The minimum Gasteiger partial charge on any atom is -0.301 e. The monoisotopic (exact) mass is 553 g/mol. The smallest absolute Gasteiger partial charge is 0.236 e. The first-order chi connectivity index (χ1) is 15.9. The molecule has 33 heavy (non-hydrogen) atoms. The van der Waals surface area contributed by atoms with E-state index in [1.54, 1.807) is 29.7 Å². The number of hydrogen-bond acceptors (Lipinski definition) is 6. The van der Waals surface area contributed by atoms with Crippen molar-refractivity contribution in [2.75, 3.05) is 11.1 Å². The highest BCUT2D eigenvalue weighted by molar-refractivity contribution is 8.01. The predicted molar refractivity (Wildman–Crippen MR) is 142 cm³/mol. The molecule has 0 aliphatic rings. The number of aryl methyl sites for hydroxylation is 1. The summed E-state index contributed by atoms with van der Waals surface area (Å²) in [5, 5.41) is 5.51. The number of amides is 1. The van der Waals surface area contributed by atoms with Gasteiger partial charge in [-0.05, 0) is 48.4 Å². The molecule has 2 aromatic carbocycles. The lowest BCUT2D eigenvalue weighted by molar-refractivity contribution is -0.113. The van der Waals surface area contributed by atoms with Crippen LogP contribution in [0.25, 0.3) is 0 Å². The van der Waals surface area contributed by atoms with Gasteiger partial charge >= 0.3 is 0 Å². The molecular formula is C23H18Cl3N3OS3. The molecule has 0 spiro atoms. The summed E-state index contributed by atoms with van der Waals surface area (Å²) < 4.78 is 0.846. The van der Waals surface area contributed by atoms with Crippen LogP contribution in [-0.2, 0) is 17.6 Å². The number of thioether (sulfide) groups is 1. The van der Waals surface area contributed by atoms with Crippen LogP contribution in [0.2, 0.25) is 15.1 Å². The standard InChI is InChI=1S/C23H18Cl3N3OS3/c1-13-20(10-15-9-17(25)6-7-19(15)26)33-23(28-13)31-12-21(30)29-22-27-11-18(32-22)8-14-2-4-16(24)5-3-14/h2-7,9,11H,8,10,12H2,1H3,(H,27,29,30). The van der Waals surface area contributed by atoms with Gasteiger partial charge in [-0.3, -0.25) is 4.79 Å². The fraction of sp³-hybridized carbons (Fsp3) is 0.174. The molecule has 2 aromatic heterocycles. The number of carbonyl (C=O) groups is 1. The number of thiazole rings is 2. The van der Waals surface area contributed by atoms with E-state index >= 15 is 0 Å². The summed E-state index contributed by atoms with van der Waals surface area (Å²) in [6.07, 6.45) is 3.20. The average molecular weight is 555 g/mol. The molecule has 4 rings (SSSR count). The molecule has 0 bridgehead atoms. The molecule has 0 unspecified atom stereocenters. The number of aromatic nitrogens is 2. The summed E-state index contributed by atoms with van der Waals surface area (Å²) in [7, 11) is 0. The normalized spacial score (nSPS) is 11.0. The van der Waals surface area contributed by atoms with Crippen molar-refractivity contribution < 1.29 is 4.79 Å². The number of rotatable bonds is 8. The second kappa shape index (κ2) is 11.2. The van der Waals surface area contributed by atoms with Crippen LogP contribution in [0.1, 0.15) is 26.6 Å². The summed E-state index contributed by atoms with van der Waals surface area (Å²) in [5.41, 5.74) is 3.04. The van der Waals surface area contributed by atoms with Gasteiger partial charge in [-0.15, -0.1) is 22.7 Å². The minimum absolute atomic E-state index is 0.111. The maximum atomic E-state index is 12.4. The van der Waals surface area contributed by atoms with Crippen LogP contribution in [0, 0.1) is 6.92 Å². The molecular weight excluding hydrogens is 537 g/mol. The first kappa shape index (κ1) is 24.5.